The number of rotatable bonds is 75. The molecule has 0 aromatic carbocycles. The summed E-state index contributed by atoms with van der Waals surface area (Å²) in [7, 11) is -9.98. The molecule has 0 heterocycles. The number of hydrogen-bond donors (Lipinski definition) is 3. The number of unbranched alkanes of at least 4 members (excludes halogenated alkanes) is 27. The Hall–Kier alpha value is -4.80. The van der Waals surface area contributed by atoms with Gasteiger partial charge >= 0.3 is 39.5 Å². The van der Waals surface area contributed by atoms with Crippen molar-refractivity contribution in [2.24, 2.45) is 0 Å². The van der Waals surface area contributed by atoms with Crippen LogP contribution >= 0.6 is 15.6 Å². The third kappa shape index (κ3) is 75.4. The second kappa shape index (κ2) is 76.4. The zero-order chi connectivity index (χ0) is 76.0. The minimum Gasteiger partial charge on any atom is -0.462 e. The van der Waals surface area contributed by atoms with E-state index in [1.165, 1.54) is 57.8 Å². The number of aliphatic hydroxyl groups is 1. The molecule has 0 spiro atoms. The third-order valence-electron chi connectivity index (χ3n) is 16.6. The smallest absolute Gasteiger partial charge is 0.462 e. The number of ether oxygens (including phenoxy) is 4. The van der Waals surface area contributed by atoms with Gasteiger partial charge in [-0.1, -0.05) is 271 Å². The molecule has 0 aliphatic carbocycles. The second-order valence-corrected chi connectivity index (χ2v) is 29.5. The summed E-state index contributed by atoms with van der Waals surface area (Å²) in [6, 6.07) is 0. The van der Waals surface area contributed by atoms with Gasteiger partial charge in [0, 0.05) is 25.7 Å². The van der Waals surface area contributed by atoms with Crippen LogP contribution in [-0.4, -0.2) is 96.7 Å². The molecule has 0 aliphatic heterocycles. The lowest BCUT2D eigenvalue weighted by molar-refractivity contribution is -0.161. The number of esters is 4. The Morgan fingerprint density at radius 3 is 0.808 bits per heavy atom. The number of phosphoric ester groups is 2. The van der Waals surface area contributed by atoms with E-state index in [-0.39, 0.29) is 25.7 Å². The van der Waals surface area contributed by atoms with Crippen LogP contribution < -0.4 is 0 Å². The van der Waals surface area contributed by atoms with E-state index in [4.69, 9.17) is 37.0 Å². The van der Waals surface area contributed by atoms with E-state index in [1.807, 2.05) is 0 Å². The van der Waals surface area contributed by atoms with E-state index in [1.54, 1.807) is 0 Å². The van der Waals surface area contributed by atoms with Gasteiger partial charge in [0.05, 0.1) is 26.4 Å². The van der Waals surface area contributed by atoms with Gasteiger partial charge in [0.2, 0.25) is 0 Å². The van der Waals surface area contributed by atoms with Crippen molar-refractivity contribution in [1.29, 1.82) is 0 Å². The first-order valence-corrected chi connectivity index (χ1v) is 43.4. The topological polar surface area (TPSA) is 237 Å². The van der Waals surface area contributed by atoms with Gasteiger partial charge in [0.1, 0.15) is 19.3 Å². The summed E-state index contributed by atoms with van der Waals surface area (Å²) >= 11 is 0. The van der Waals surface area contributed by atoms with Crippen LogP contribution in [0.1, 0.15) is 323 Å². The summed E-state index contributed by atoms with van der Waals surface area (Å²) < 4.78 is 68.6. The summed E-state index contributed by atoms with van der Waals surface area (Å²) in [6.45, 7) is 4.55. The van der Waals surface area contributed by atoms with E-state index >= 15 is 0 Å². The van der Waals surface area contributed by atoms with Crippen LogP contribution in [0.4, 0.5) is 0 Å². The van der Waals surface area contributed by atoms with Crippen molar-refractivity contribution in [2.75, 3.05) is 39.6 Å². The molecule has 0 saturated carbocycles. The Morgan fingerprint density at radius 2 is 0.500 bits per heavy atom. The first-order chi connectivity index (χ1) is 50.7. The highest BCUT2D eigenvalue weighted by Gasteiger charge is 2.30. The van der Waals surface area contributed by atoms with Crippen molar-refractivity contribution >= 4 is 39.5 Å². The average Bonchev–Trinajstić information content (AvgIpc) is 0.918. The first kappa shape index (κ1) is 99.2. The molecule has 0 rings (SSSR count). The highest BCUT2D eigenvalue weighted by molar-refractivity contribution is 7.47. The van der Waals surface area contributed by atoms with E-state index < -0.39 is 97.5 Å². The van der Waals surface area contributed by atoms with Crippen LogP contribution in [0.25, 0.3) is 0 Å². The van der Waals surface area contributed by atoms with Gasteiger partial charge in [0.15, 0.2) is 12.2 Å². The van der Waals surface area contributed by atoms with Gasteiger partial charge in [-0.2, -0.15) is 0 Å². The summed E-state index contributed by atoms with van der Waals surface area (Å²) in [5.74, 6) is -2.25. The highest BCUT2D eigenvalue weighted by Crippen LogP contribution is 2.45. The molecule has 19 heteroatoms. The van der Waals surface area contributed by atoms with Gasteiger partial charge < -0.3 is 33.8 Å². The fourth-order valence-electron chi connectivity index (χ4n) is 10.5. The van der Waals surface area contributed by atoms with Crippen molar-refractivity contribution in [2.45, 2.75) is 341 Å². The molecule has 0 aromatic heterocycles. The lowest BCUT2D eigenvalue weighted by atomic mass is 10.1. The predicted octanol–water partition coefficient (Wildman–Crippen LogP) is 23.7. The molecule has 0 fully saturated rings. The summed E-state index contributed by atoms with van der Waals surface area (Å²) in [4.78, 5) is 73.1. The van der Waals surface area contributed by atoms with Crippen molar-refractivity contribution < 1.29 is 80.2 Å². The SMILES string of the molecule is CC/C=C\C/C=C\C/C=C\C/C=C\C/C=C\CCCCCC(=O)OCC(COP(=O)(O)OCC(O)COP(=O)(O)OCC(COC(=O)CCCCCCC/C=C\C/C=C\C/C=C\CC)OC(=O)CCCCCCC/C=C\C/C=C\CCCCC)OC(=O)CCCCCCC/C=C\CCCCCCCC. The lowest BCUT2D eigenvalue weighted by Crippen LogP contribution is -2.30. The molecule has 0 aromatic rings. The number of allylic oxidation sites excluding steroid dienone is 22. The van der Waals surface area contributed by atoms with Crippen molar-refractivity contribution in [3.63, 3.8) is 0 Å². The van der Waals surface area contributed by atoms with E-state index in [2.05, 4.69) is 161 Å². The van der Waals surface area contributed by atoms with E-state index in [9.17, 15) is 43.2 Å². The van der Waals surface area contributed by atoms with Crippen LogP contribution in [0, 0.1) is 0 Å². The number of aliphatic hydroxyl groups excluding tert-OH is 1. The molecule has 5 unspecified atom stereocenters. The largest absolute Gasteiger partial charge is 0.472 e. The third-order valence-corrected chi connectivity index (χ3v) is 18.5. The molecular formula is C85H144O17P2. The zero-order valence-electron chi connectivity index (χ0n) is 65.2. The molecule has 0 saturated heterocycles. The zero-order valence-corrected chi connectivity index (χ0v) is 66.9. The van der Waals surface area contributed by atoms with E-state index in [0.29, 0.717) is 25.7 Å². The minimum absolute atomic E-state index is 0.0718. The second-order valence-electron chi connectivity index (χ2n) is 26.6. The van der Waals surface area contributed by atoms with Gasteiger partial charge in [-0.25, -0.2) is 9.13 Å². The average molecular weight is 1500 g/mol. The van der Waals surface area contributed by atoms with Crippen LogP contribution in [0.15, 0.2) is 134 Å². The Labute approximate surface area is 631 Å². The first-order valence-electron chi connectivity index (χ1n) is 40.4. The Bertz CT molecular complexity index is 2490. The Balaban J connectivity index is 5.42. The van der Waals surface area contributed by atoms with Crippen LogP contribution in [-0.2, 0) is 65.4 Å². The van der Waals surface area contributed by atoms with Gasteiger partial charge in [-0.3, -0.25) is 37.3 Å². The predicted molar refractivity (Wildman–Crippen MR) is 427 cm³/mol. The van der Waals surface area contributed by atoms with Crippen molar-refractivity contribution in [3.8, 4) is 0 Å². The lowest BCUT2D eigenvalue weighted by Gasteiger charge is -2.21. The fourth-order valence-corrected chi connectivity index (χ4v) is 12.0. The van der Waals surface area contributed by atoms with Gasteiger partial charge in [0.25, 0.3) is 0 Å². The molecule has 0 aliphatic rings. The molecule has 0 bridgehead atoms. The molecule has 596 valence electrons. The molecule has 17 nitrogen and oxygen atoms in total. The molecule has 0 amide bonds. The Morgan fingerprint density at radius 1 is 0.279 bits per heavy atom. The van der Waals surface area contributed by atoms with Gasteiger partial charge in [-0.05, 0) is 161 Å². The van der Waals surface area contributed by atoms with Crippen molar-refractivity contribution in [3.05, 3.63) is 134 Å². The molecule has 5 atom stereocenters. The van der Waals surface area contributed by atoms with E-state index in [0.717, 1.165) is 186 Å². The molecule has 104 heavy (non-hydrogen) atoms. The molecule has 3 N–H and O–H groups in total. The molecular weight excluding hydrogens is 1350 g/mol. The molecule has 0 radical (unpaired) electrons. The van der Waals surface area contributed by atoms with Crippen LogP contribution in [0.3, 0.4) is 0 Å². The normalized spacial score (nSPS) is 14.6. The highest BCUT2D eigenvalue weighted by atomic mass is 31.2. The fraction of sp³-hybridized carbons (Fsp3) is 0.694. The maximum absolute atomic E-state index is 13.1. The Kier molecular flexibility index (Phi) is 72.9. The monoisotopic (exact) mass is 1500 g/mol. The maximum Gasteiger partial charge on any atom is 0.472 e. The summed E-state index contributed by atoms with van der Waals surface area (Å²) in [5, 5.41) is 10.6. The number of hydrogen-bond acceptors (Lipinski definition) is 15. The maximum atomic E-state index is 13.1. The minimum atomic E-state index is -4.99. The van der Waals surface area contributed by atoms with Gasteiger partial charge in [-0.15, -0.1) is 0 Å². The summed E-state index contributed by atoms with van der Waals surface area (Å²) in [6.07, 6.45) is 85.7. The number of carbonyl (C=O) groups excluding carboxylic acids is 4. The van der Waals surface area contributed by atoms with Crippen LogP contribution in [0.5, 0.6) is 0 Å². The summed E-state index contributed by atoms with van der Waals surface area (Å²) in [5.41, 5.74) is 0. The number of carbonyl (C=O) groups is 4. The number of phosphoric acid groups is 2. The van der Waals surface area contributed by atoms with Crippen LogP contribution in [0.2, 0.25) is 0 Å². The quantitative estimate of drug-likeness (QED) is 0.0169. The standard InChI is InChI=1S/C85H144O17P2/c1-5-9-13-17-21-25-29-33-37-38-39-40-44-46-50-54-58-62-66-70-83(88)96-76-81(102-85(90)72-68-64-60-56-52-48-43-36-32-28-24-20-16-12-8-4)78-100-104(93,94)98-74-79(86)73-97-103(91,92)99-77-80(101-84(89)71-67-63-59-55-51-47-42-35-31-27-23-19-15-11-7-3)75-95-82(87)69-65-61-57-53-49-45-41-34-30-26-22-18-14-10-6-2/h9-10,13-14,21-23,25-27,33-37,39-43,46,50,79-81,86H,5-8,11-12,15-20,24,28-32,38,44-45,47-49,51-78H2,1-4H3,(H,91,92)(H,93,94)/b13-9-,14-10-,25-21-,26-22-,27-23-,37-33-,40-39-,41-34-,42-35-,43-36-,50-46-. The van der Waals surface area contributed by atoms with Crippen molar-refractivity contribution in [1.82, 2.24) is 0 Å².